The van der Waals surface area contributed by atoms with E-state index < -0.39 is 31.2 Å². The first-order valence-electron chi connectivity index (χ1n) is 17.8. The Morgan fingerprint density at radius 2 is 1.85 bits per heavy atom. The molecule has 3 heterocycles. The van der Waals surface area contributed by atoms with Gasteiger partial charge in [0.25, 0.3) is 0 Å². The summed E-state index contributed by atoms with van der Waals surface area (Å²) in [6, 6.07) is 12.4. The molecule has 1 aromatic carbocycles. The maximum atomic E-state index is 13.6. The SMILES string of the molecule is CN1CCN(C(C)(C)CC(C#N)C(=O)N2CCC[C@H](OC(=O)N[C@@H](Cc3ccccc3)B3O[C@@H]4C[C@@H]5C[C@@H](C5(C)C)[C@]4(C)O3)C2)CC1. The topological polar surface area (TPSA) is 107 Å². The van der Waals surface area contributed by atoms with Crippen LogP contribution >= 0.6 is 0 Å². The lowest BCUT2D eigenvalue weighted by Gasteiger charge is -2.64. The molecule has 256 valence electrons. The van der Waals surface area contributed by atoms with E-state index in [0.29, 0.717) is 44.1 Å². The molecule has 0 aromatic heterocycles. The lowest BCUT2D eigenvalue weighted by atomic mass is 9.43. The maximum absolute atomic E-state index is 13.6. The molecule has 1 aromatic rings. The number of benzene rings is 1. The van der Waals surface area contributed by atoms with E-state index in [1.54, 1.807) is 4.90 Å². The Morgan fingerprint density at radius 3 is 2.53 bits per heavy atom. The number of amides is 2. The molecule has 10 nitrogen and oxygen atoms in total. The molecule has 11 heteroatoms. The highest BCUT2D eigenvalue weighted by atomic mass is 16.7. The van der Waals surface area contributed by atoms with Gasteiger partial charge in [0.15, 0.2) is 0 Å². The van der Waals surface area contributed by atoms with Crippen LogP contribution in [0.15, 0.2) is 30.3 Å². The van der Waals surface area contributed by atoms with Crippen molar-refractivity contribution < 1.29 is 23.6 Å². The quantitative estimate of drug-likeness (QED) is 0.399. The van der Waals surface area contributed by atoms with Crippen LogP contribution in [0.5, 0.6) is 0 Å². The van der Waals surface area contributed by atoms with Gasteiger partial charge < -0.3 is 29.2 Å². The highest BCUT2D eigenvalue weighted by Crippen LogP contribution is 2.65. The summed E-state index contributed by atoms with van der Waals surface area (Å²) in [5.74, 6) is -0.300. The first kappa shape index (κ1) is 34.2. The molecule has 3 saturated carbocycles. The number of nitrogens with one attached hydrogen (secondary N) is 1. The van der Waals surface area contributed by atoms with E-state index in [1.165, 1.54) is 0 Å². The average molecular weight is 648 g/mol. The van der Waals surface area contributed by atoms with Gasteiger partial charge in [0.2, 0.25) is 5.91 Å². The fourth-order valence-corrected chi connectivity index (χ4v) is 9.17. The van der Waals surface area contributed by atoms with E-state index in [1.807, 2.05) is 30.3 Å². The monoisotopic (exact) mass is 647 g/mol. The van der Waals surface area contributed by atoms with Crippen molar-refractivity contribution in [1.82, 2.24) is 20.0 Å². The Hall–Kier alpha value is -2.65. The second-order valence-corrected chi connectivity index (χ2v) is 16.2. The molecule has 0 radical (unpaired) electrons. The van der Waals surface area contributed by atoms with Crippen LogP contribution in [-0.4, -0.2) is 109 Å². The number of rotatable bonds is 9. The molecular formula is C36H54BN5O5. The van der Waals surface area contributed by atoms with Crippen LogP contribution in [0.3, 0.4) is 0 Å². The zero-order valence-electron chi connectivity index (χ0n) is 29.2. The number of carbonyl (C=O) groups excluding carboxylic acids is 2. The van der Waals surface area contributed by atoms with E-state index >= 15 is 0 Å². The number of likely N-dealkylation sites (tertiary alicyclic amines) is 1. The number of likely N-dealkylation sites (N-methyl/N-ethyl adjacent to an activating group) is 1. The summed E-state index contributed by atoms with van der Waals surface area (Å²) in [6.07, 6.45) is 3.55. The third-order valence-electron chi connectivity index (χ3n) is 12.4. The van der Waals surface area contributed by atoms with Crippen LogP contribution < -0.4 is 5.32 Å². The highest BCUT2D eigenvalue weighted by Gasteiger charge is 2.68. The zero-order valence-corrected chi connectivity index (χ0v) is 29.2. The van der Waals surface area contributed by atoms with Gasteiger partial charge >= 0.3 is 13.2 Å². The molecule has 47 heavy (non-hydrogen) atoms. The number of alkyl carbamates (subject to hydrolysis) is 1. The van der Waals surface area contributed by atoms with E-state index in [0.717, 1.165) is 44.6 Å². The first-order chi connectivity index (χ1) is 22.3. The Balaban J connectivity index is 1.07. The summed E-state index contributed by atoms with van der Waals surface area (Å²) in [7, 11) is 1.53. The molecule has 2 amide bonds. The number of nitriles is 1. The average Bonchev–Trinajstić information content (AvgIpc) is 3.41. The molecule has 2 bridgehead atoms. The van der Waals surface area contributed by atoms with E-state index in [4.69, 9.17) is 14.0 Å². The van der Waals surface area contributed by atoms with Crippen molar-refractivity contribution in [3.63, 3.8) is 0 Å². The van der Waals surface area contributed by atoms with Gasteiger partial charge in [-0.05, 0) is 89.2 Å². The smallest absolute Gasteiger partial charge is 0.444 e. The lowest BCUT2D eigenvalue weighted by molar-refractivity contribution is -0.199. The summed E-state index contributed by atoms with van der Waals surface area (Å²) < 4.78 is 19.3. The molecule has 3 aliphatic carbocycles. The number of carbonyl (C=O) groups is 2. The van der Waals surface area contributed by atoms with Crippen LogP contribution in [0.25, 0.3) is 0 Å². The van der Waals surface area contributed by atoms with Gasteiger partial charge in [0.1, 0.15) is 12.0 Å². The highest BCUT2D eigenvalue weighted by molar-refractivity contribution is 6.47. The number of piperidine rings is 1. The van der Waals surface area contributed by atoms with E-state index in [2.05, 4.69) is 62.9 Å². The van der Waals surface area contributed by atoms with Crippen molar-refractivity contribution >= 4 is 19.1 Å². The van der Waals surface area contributed by atoms with Gasteiger partial charge in [-0.3, -0.25) is 9.69 Å². The van der Waals surface area contributed by atoms with Crippen LogP contribution in [0.1, 0.15) is 72.3 Å². The molecule has 1 N–H and O–H groups in total. The Bertz CT molecular complexity index is 1330. The first-order valence-corrected chi connectivity index (χ1v) is 17.8. The van der Waals surface area contributed by atoms with Crippen molar-refractivity contribution in [3.05, 3.63) is 35.9 Å². The van der Waals surface area contributed by atoms with Crippen molar-refractivity contribution in [3.8, 4) is 6.07 Å². The van der Waals surface area contributed by atoms with Crippen molar-refractivity contribution in [1.29, 1.82) is 5.26 Å². The second-order valence-electron chi connectivity index (χ2n) is 16.2. The molecule has 7 rings (SSSR count). The van der Waals surface area contributed by atoms with Crippen LogP contribution in [0, 0.1) is 34.5 Å². The van der Waals surface area contributed by atoms with Crippen molar-refractivity contribution in [2.24, 2.45) is 23.2 Å². The largest absolute Gasteiger partial charge is 0.482 e. The molecule has 7 atom stereocenters. The molecule has 6 aliphatic rings. The summed E-state index contributed by atoms with van der Waals surface area (Å²) in [6.45, 7) is 15.8. The molecule has 6 fully saturated rings. The van der Waals surface area contributed by atoms with Crippen LogP contribution in [0.2, 0.25) is 0 Å². The van der Waals surface area contributed by atoms with Crippen LogP contribution in [-0.2, 0) is 25.3 Å². The minimum Gasteiger partial charge on any atom is -0.444 e. The van der Waals surface area contributed by atoms with Gasteiger partial charge in [0.05, 0.1) is 30.3 Å². The Morgan fingerprint density at radius 1 is 1.13 bits per heavy atom. The number of hydrogen-bond acceptors (Lipinski definition) is 8. The van der Waals surface area contributed by atoms with Crippen LogP contribution in [0.4, 0.5) is 4.79 Å². The molecule has 0 spiro atoms. The fraction of sp³-hybridized carbons (Fsp3) is 0.750. The van der Waals surface area contributed by atoms with Gasteiger partial charge in [-0.1, -0.05) is 44.2 Å². The summed E-state index contributed by atoms with van der Waals surface area (Å²) in [5.41, 5.74) is 0.640. The minimum atomic E-state index is -0.745. The Kier molecular flexibility index (Phi) is 9.71. The number of nitrogens with zero attached hydrogens (tertiary/aromatic N) is 4. The maximum Gasteiger partial charge on any atom is 0.482 e. The Labute approximate surface area is 281 Å². The van der Waals surface area contributed by atoms with E-state index in [9.17, 15) is 14.9 Å². The predicted octanol–water partition coefficient (Wildman–Crippen LogP) is 4.14. The lowest BCUT2D eigenvalue weighted by Crippen LogP contribution is -2.65. The second kappa shape index (κ2) is 13.3. The number of ether oxygens (including phenoxy) is 1. The molecule has 3 saturated heterocycles. The van der Waals surface area contributed by atoms with E-state index in [-0.39, 0.29) is 35.1 Å². The van der Waals surface area contributed by atoms with Gasteiger partial charge in [-0.2, -0.15) is 5.26 Å². The zero-order chi connectivity index (χ0) is 33.6. The normalized spacial score (nSPS) is 32.0. The number of piperazine rings is 1. The third kappa shape index (κ3) is 6.94. The summed E-state index contributed by atoms with van der Waals surface area (Å²) >= 11 is 0. The van der Waals surface area contributed by atoms with Gasteiger partial charge in [0, 0.05) is 38.3 Å². The summed E-state index contributed by atoms with van der Waals surface area (Å²) in [4.78, 5) is 33.5. The molecule has 3 aliphatic heterocycles. The molecular weight excluding hydrogens is 593 g/mol. The standard InChI is InChI=1S/C36H54BN5O5/c1-34(2,42-17-15-40(6)16-18-42)22-26(23-38)32(43)41-14-10-13-28(24-41)45-33(44)39-31(19-25-11-8-7-9-12-25)37-46-30-21-27-20-29(35(27,3)4)36(30,5)47-37/h7-9,11-12,26-31H,10,13-22,24H2,1-6H3,(H,39,44)/t26?,27-,28-,29-,30+,31-,36-/m0/s1. The number of hydrogen-bond donors (Lipinski definition) is 1. The third-order valence-corrected chi connectivity index (χ3v) is 12.4. The van der Waals surface area contributed by atoms with Gasteiger partial charge in [-0.25, -0.2) is 4.79 Å². The predicted molar refractivity (Wildman–Crippen MR) is 180 cm³/mol. The van der Waals surface area contributed by atoms with Crippen molar-refractivity contribution in [2.75, 3.05) is 46.3 Å². The molecule has 1 unspecified atom stereocenters. The summed E-state index contributed by atoms with van der Waals surface area (Å²) in [5, 5.41) is 13.2. The van der Waals surface area contributed by atoms with Gasteiger partial charge in [-0.15, -0.1) is 0 Å². The van der Waals surface area contributed by atoms with Crippen molar-refractivity contribution in [2.45, 2.75) is 102 Å². The minimum absolute atomic E-state index is 0.00703. The fourth-order valence-electron chi connectivity index (χ4n) is 9.17.